The first-order chi connectivity index (χ1) is 28.3. The Labute approximate surface area is 333 Å². The number of anilines is 6. The fourth-order valence-corrected chi connectivity index (χ4v) is 14.8. The molecule has 4 bridgehead atoms. The van der Waals surface area contributed by atoms with Crippen molar-refractivity contribution in [3.63, 3.8) is 0 Å². The van der Waals surface area contributed by atoms with Crippen LogP contribution in [0, 0.1) is 23.7 Å². The number of rotatable bonds is 0. The largest absolute Gasteiger partial charge is 0.457 e. The number of nitrogens with zero attached hydrogens (tertiary/aromatic N) is 2. The van der Waals surface area contributed by atoms with Gasteiger partial charge in [-0.1, -0.05) is 115 Å². The zero-order chi connectivity index (χ0) is 36.8. The molecule has 4 saturated carbocycles. The van der Waals surface area contributed by atoms with Gasteiger partial charge in [-0.2, -0.15) is 0 Å². The molecule has 0 N–H and O–H groups in total. The van der Waals surface area contributed by atoms with Crippen LogP contribution in [0.25, 0.3) is 0 Å². The van der Waals surface area contributed by atoms with E-state index in [2.05, 4.69) is 161 Å². The van der Waals surface area contributed by atoms with Gasteiger partial charge in [-0.15, -0.1) is 0 Å². The smallest absolute Gasteiger partial charge is 0.252 e. The summed E-state index contributed by atoms with van der Waals surface area (Å²) in [5, 5.41) is 0. The summed E-state index contributed by atoms with van der Waals surface area (Å²) < 4.78 is 6.78. The van der Waals surface area contributed by atoms with Crippen LogP contribution in [0.1, 0.15) is 65.5 Å². The molecule has 16 rings (SSSR count). The molecule has 7 aromatic rings. The average molecular weight is 731 g/mol. The van der Waals surface area contributed by atoms with E-state index >= 15 is 0 Å². The normalized spacial score (nSPS) is 25.8. The monoisotopic (exact) mass is 730 g/mol. The molecular formula is C53H39BN2O. The maximum absolute atomic E-state index is 6.78. The molecule has 0 unspecified atom stereocenters. The fourth-order valence-electron chi connectivity index (χ4n) is 14.8. The molecule has 0 aromatic heterocycles. The number of ether oxygens (including phenoxy) is 1. The Morgan fingerprint density at radius 2 is 0.965 bits per heavy atom. The second kappa shape index (κ2) is 10.1. The molecule has 57 heavy (non-hydrogen) atoms. The Balaban J connectivity index is 1.09. The van der Waals surface area contributed by atoms with E-state index in [0.29, 0.717) is 11.8 Å². The van der Waals surface area contributed by atoms with E-state index in [1.54, 1.807) is 11.1 Å². The first-order valence-electron chi connectivity index (χ1n) is 21.3. The predicted molar refractivity (Wildman–Crippen MR) is 230 cm³/mol. The van der Waals surface area contributed by atoms with Gasteiger partial charge in [-0.3, -0.25) is 0 Å². The van der Waals surface area contributed by atoms with E-state index in [9.17, 15) is 0 Å². The van der Waals surface area contributed by atoms with Gasteiger partial charge >= 0.3 is 0 Å². The highest BCUT2D eigenvalue weighted by molar-refractivity contribution is 7.00. The van der Waals surface area contributed by atoms with Crippen LogP contribution < -0.4 is 30.9 Å². The average Bonchev–Trinajstić information content (AvgIpc) is 3.26. The summed E-state index contributed by atoms with van der Waals surface area (Å²) in [6.45, 7) is 0.0976. The van der Waals surface area contributed by atoms with E-state index in [-0.39, 0.29) is 12.1 Å². The topological polar surface area (TPSA) is 15.7 Å². The van der Waals surface area contributed by atoms with Crippen LogP contribution in [0.15, 0.2) is 152 Å². The van der Waals surface area contributed by atoms with E-state index in [1.165, 1.54) is 105 Å². The Bertz CT molecular complexity index is 2890. The predicted octanol–water partition coefficient (Wildman–Crippen LogP) is 10.6. The van der Waals surface area contributed by atoms with Crippen LogP contribution in [0.3, 0.4) is 0 Å². The second-order valence-corrected chi connectivity index (χ2v) is 18.4. The number of hydrogen-bond acceptors (Lipinski definition) is 3. The van der Waals surface area contributed by atoms with Crippen molar-refractivity contribution in [2.24, 2.45) is 23.7 Å². The molecule has 7 aromatic carbocycles. The molecule has 9 aliphatic rings. The van der Waals surface area contributed by atoms with Crippen LogP contribution in [0.4, 0.5) is 34.1 Å². The fraction of sp³-hybridized carbons (Fsp3) is 0.208. The van der Waals surface area contributed by atoms with Gasteiger partial charge in [0.25, 0.3) is 6.71 Å². The van der Waals surface area contributed by atoms with Gasteiger partial charge in [0.1, 0.15) is 11.5 Å². The van der Waals surface area contributed by atoms with Gasteiger partial charge in [0.15, 0.2) is 0 Å². The van der Waals surface area contributed by atoms with Gasteiger partial charge < -0.3 is 14.5 Å². The third kappa shape index (κ3) is 3.26. The molecule has 2 spiro atoms. The van der Waals surface area contributed by atoms with Crippen LogP contribution in [-0.2, 0) is 10.8 Å². The first kappa shape index (κ1) is 30.2. The molecule has 5 heterocycles. The standard InChI is InChI=1S/C53H39BN2O/c1-6-19-43-35(12-1)52(33-27-31-26-32(29-33)30-34(52)28-31)39-16-11-18-42-50(39)56(43)46-25-24-40-51-49(46)54(42)41-17-5-8-21-45(41)55(51)44-20-7-2-13-36(44)53(40)37-14-3-9-22-47(37)57-48-23-10-4-15-38(48)53/h1-25,31-34H,26-30H2. The molecule has 0 atom stereocenters. The lowest BCUT2D eigenvalue weighted by Gasteiger charge is -2.64. The highest BCUT2D eigenvalue weighted by Gasteiger charge is 2.63. The number of benzene rings is 7. The SMILES string of the molecule is c1ccc2c(c1)Oc1ccccc1C21c2ccccc2N2c3ccccc3B3c4cccc5c4N(c4ccccc4C54C5CC6CC(C5)CC4C6)c4ccc1c2c43. The van der Waals surface area contributed by atoms with E-state index in [4.69, 9.17) is 4.74 Å². The van der Waals surface area contributed by atoms with Crippen molar-refractivity contribution in [2.75, 3.05) is 9.80 Å². The lowest BCUT2D eigenvalue weighted by molar-refractivity contribution is -0.0419. The van der Waals surface area contributed by atoms with E-state index in [1.807, 2.05) is 0 Å². The molecule has 0 saturated heterocycles. The molecular weight excluding hydrogens is 691 g/mol. The minimum absolute atomic E-state index is 0.0658. The van der Waals surface area contributed by atoms with Crippen molar-refractivity contribution >= 4 is 57.2 Å². The highest BCUT2D eigenvalue weighted by atomic mass is 16.5. The van der Waals surface area contributed by atoms with Crippen LogP contribution in [0.2, 0.25) is 0 Å². The Hall–Kier alpha value is -6.00. The third-order valence-electron chi connectivity index (χ3n) is 16.3. The Kier molecular flexibility index (Phi) is 5.35. The minimum atomic E-state index is -0.577. The molecule has 4 heteroatoms. The van der Waals surface area contributed by atoms with E-state index in [0.717, 1.165) is 23.3 Å². The molecule has 270 valence electrons. The summed E-state index contributed by atoms with van der Waals surface area (Å²) in [7, 11) is 0. The van der Waals surface area contributed by atoms with Gasteiger partial charge in [-0.25, -0.2) is 0 Å². The molecule has 3 nitrogen and oxygen atoms in total. The van der Waals surface area contributed by atoms with Crippen molar-refractivity contribution in [3.05, 3.63) is 185 Å². The van der Waals surface area contributed by atoms with Crippen molar-refractivity contribution in [3.8, 4) is 11.5 Å². The summed E-state index contributed by atoms with van der Waals surface area (Å²) in [5.41, 5.74) is 20.0. The van der Waals surface area contributed by atoms with Crippen LogP contribution in [-0.4, -0.2) is 6.71 Å². The number of para-hydroxylation sites is 6. The Morgan fingerprint density at radius 3 is 1.68 bits per heavy atom. The summed E-state index contributed by atoms with van der Waals surface area (Å²) in [6.07, 6.45) is 6.98. The summed E-state index contributed by atoms with van der Waals surface area (Å²) in [5.74, 6) is 5.07. The third-order valence-corrected chi connectivity index (χ3v) is 16.3. The first-order valence-corrected chi connectivity index (χ1v) is 21.3. The summed E-state index contributed by atoms with van der Waals surface area (Å²) >= 11 is 0. The van der Waals surface area contributed by atoms with E-state index < -0.39 is 5.41 Å². The van der Waals surface area contributed by atoms with Gasteiger partial charge in [0, 0.05) is 39.3 Å². The van der Waals surface area contributed by atoms with Gasteiger partial charge in [0.05, 0.1) is 16.8 Å². The minimum Gasteiger partial charge on any atom is -0.457 e. The molecule has 5 aliphatic heterocycles. The Morgan fingerprint density at radius 1 is 0.421 bits per heavy atom. The maximum Gasteiger partial charge on any atom is 0.252 e. The lowest BCUT2D eigenvalue weighted by atomic mass is 9.32. The van der Waals surface area contributed by atoms with Gasteiger partial charge in [-0.05, 0) is 131 Å². The molecule has 0 radical (unpaired) electrons. The lowest BCUT2D eigenvalue weighted by Crippen LogP contribution is -2.65. The van der Waals surface area contributed by atoms with Gasteiger partial charge in [0.2, 0.25) is 0 Å². The maximum atomic E-state index is 6.78. The summed E-state index contributed by atoms with van der Waals surface area (Å²) in [6, 6.07) is 58.2. The number of fused-ring (bicyclic) bond motifs is 15. The van der Waals surface area contributed by atoms with Crippen molar-refractivity contribution in [1.29, 1.82) is 0 Å². The number of hydrogen-bond donors (Lipinski definition) is 0. The molecule has 4 aliphatic carbocycles. The second-order valence-electron chi connectivity index (χ2n) is 18.4. The summed E-state index contributed by atoms with van der Waals surface area (Å²) in [4.78, 5) is 5.36. The van der Waals surface area contributed by atoms with Crippen molar-refractivity contribution < 1.29 is 4.74 Å². The van der Waals surface area contributed by atoms with Crippen molar-refractivity contribution in [1.82, 2.24) is 0 Å². The van der Waals surface area contributed by atoms with Crippen LogP contribution in [0.5, 0.6) is 11.5 Å². The highest BCUT2D eigenvalue weighted by Crippen LogP contribution is 2.70. The van der Waals surface area contributed by atoms with Crippen molar-refractivity contribution in [2.45, 2.75) is 42.9 Å². The quantitative estimate of drug-likeness (QED) is 0.145. The van der Waals surface area contributed by atoms with Crippen LogP contribution >= 0.6 is 0 Å². The molecule has 4 fully saturated rings. The zero-order valence-electron chi connectivity index (χ0n) is 31.7. The zero-order valence-corrected chi connectivity index (χ0v) is 31.7. The molecule has 0 amide bonds.